The van der Waals surface area contributed by atoms with Crippen molar-refractivity contribution in [3.05, 3.63) is 34.5 Å². The van der Waals surface area contributed by atoms with Gasteiger partial charge in [-0.25, -0.2) is 0 Å². The lowest BCUT2D eigenvalue weighted by atomic mass is 9.91. The number of ether oxygens (including phenoxy) is 1. The molecule has 27 heavy (non-hydrogen) atoms. The molecule has 0 aliphatic rings. The van der Waals surface area contributed by atoms with E-state index in [9.17, 15) is 9.90 Å². The number of esters is 1. The van der Waals surface area contributed by atoms with Gasteiger partial charge in [0, 0.05) is 35.5 Å². The number of aliphatic hydroxyl groups excluding tert-OH is 1. The van der Waals surface area contributed by atoms with Crippen molar-refractivity contribution in [1.29, 1.82) is 0 Å². The van der Waals surface area contributed by atoms with E-state index in [4.69, 9.17) is 4.74 Å². The SMILES string of the molecule is CCOC(=O)CCc1cc(C(C)C)c2[nH]c(C(CC)CCO)c(CC)c2c1. The minimum Gasteiger partial charge on any atom is -0.466 e. The van der Waals surface area contributed by atoms with Crippen LogP contribution >= 0.6 is 0 Å². The smallest absolute Gasteiger partial charge is 0.306 e. The van der Waals surface area contributed by atoms with Crippen LogP contribution in [-0.4, -0.2) is 29.3 Å². The molecule has 0 spiro atoms. The van der Waals surface area contributed by atoms with Crippen molar-refractivity contribution in [2.45, 2.75) is 78.6 Å². The van der Waals surface area contributed by atoms with Crippen LogP contribution in [-0.2, 0) is 22.4 Å². The van der Waals surface area contributed by atoms with Crippen LogP contribution in [0.25, 0.3) is 10.9 Å². The Bertz CT molecular complexity index is 761. The van der Waals surface area contributed by atoms with Crippen molar-refractivity contribution < 1.29 is 14.6 Å². The fourth-order valence-electron chi connectivity index (χ4n) is 3.98. The molecule has 0 fully saturated rings. The Kier molecular flexibility index (Phi) is 7.91. The number of aromatic nitrogens is 1. The lowest BCUT2D eigenvalue weighted by Gasteiger charge is -2.14. The lowest BCUT2D eigenvalue weighted by molar-refractivity contribution is -0.143. The summed E-state index contributed by atoms with van der Waals surface area (Å²) < 4.78 is 5.08. The van der Waals surface area contributed by atoms with Gasteiger partial charge >= 0.3 is 5.97 Å². The van der Waals surface area contributed by atoms with E-state index in [2.05, 4.69) is 44.8 Å². The molecule has 1 heterocycles. The molecular weight excluding hydrogens is 338 g/mol. The molecule has 0 amide bonds. The van der Waals surface area contributed by atoms with Gasteiger partial charge in [-0.05, 0) is 61.3 Å². The second-order valence-electron chi connectivity index (χ2n) is 7.56. The summed E-state index contributed by atoms with van der Waals surface area (Å²) in [7, 11) is 0. The number of benzene rings is 1. The van der Waals surface area contributed by atoms with Crippen LogP contribution in [0, 0.1) is 0 Å². The number of H-pyrrole nitrogens is 1. The van der Waals surface area contributed by atoms with Crippen LogP contribution in [0.3, 0.4) is 0 Å². The van der Waals surface area contributed by atoms with E-state index in [0.29, 0.717) is 31.3 Å². The molecule has 0 bridgehead atoms. The zero-order valence-electron chi connectivity index (χ0n) is 17.5. The molecular formula is C23H35NO3. The van der Waals surface area contributed by atoms with Crippen molar-refractivity contribution in [1.82, 2.24) is 4.98 Å². The minimum absolute atomic E-state index is 0.136. The van der Waals surface area contributed by atoms with E-state index in [-0.39, 0.29) is 12.6 Å². The van der Waals surface area contributed by atoms with E-state index >= 15 is 0 Å². The highest BCUT2D eigenvalue weighted by atomic mass is 16.5. The highest BCUT2D eigenvalue weighted by Crippen LogP contribution is 2.36. The molecule has 4 heteroatoms. The molecule has 1 aromatic heterocycles. The van der Waals surface area contributed by atoms with Crippen LogP contribution in [0.5, 0.6) is 0 Å². The molecule has 1 unspecified atom stereocenters. The van der Waals surface area contributed by atoms with Gasteiger partial charge in [0.15, 0.2) is 0 Å². The van der Waals surface area contributed by atoms with E-state index in [1.807, 2.05) is 6.92 Å². The third-order valence-corrected chi connectivity index (χ3v) is 5.42. The van der Waals surface area contributed by atoms with Crippen LogP contribution < -0.4 is 0 Å². The number of carbonyl (C=O) groups is 1. The summed E-state index contributed by atoms with van der Waals surface area (Å²) in [6.45, 7) is 11.3. The Balaban J connectivity index is 2.52. The van der Waals surface area contributed by atoms with Gasteiger partial charge in [-0.3, -0.25) is 4.79 Å². The standard InChI is InChI=1S/C23H35NO3/c1-6-17(11-12-25)22-18(7-2)20-14-16(9-10-21(26)27-8-3)13-19(15(4)5)23(20)24-22/h13-15,17,24-25H,6-12H2,1-5H3. The van der Waals surface area contributed by atoms with Crippen molar-refractivity contribution >= 4 is 16.9 Å². The predicted molar refractivity (Wildman–Crippen MR) is 111 cm³/mol. The number of rotatable bonds is 10. The van der Waals surface area contributed by atoms with Gasteiger partial charge in [0.25, 0.3) is 0 Å². The first-order valence-corrected chi connectivity index (χ1v) is 10.4. The maximum absolute atomic E-state index is 11.8. The summed E-state index contributed by atoms with van der Waals surface area (Å²) >= 11 is 0. The number of hydrogen-bond donors (Lipinski definition) is 2. The van der Waals surface area contributed by atoms with Crippen LogP contribution in [0.2, 0.25) is 0 Å². The number of aryl methyl sites for hydroxylation is 2. The van der Waals surface area contributed by atoms with Crippen molar-refractivity contribution in [2.24, 2.45) is 0 Å². The fourth-order valence-corrected chi connectivity index (χ4v) is 3.98. The molecule has 0 saturated heterocycles. The van der Waals surface area contributed by atoms with Gasteiger partial charge in [-0.2, -0.15) is 0 Å². The largest absolute Gasteiger partial charge is 0.466 e. The summed E-state index contributed by atoms with van der Waals surface area (Å²) in [5.41, 5.74) is 6.33. The van der Waals surface area contributed by atoms with Crippen molar-refractivity contribution in [2.75, 3.05) is 13.2 Å². The third kappa shape index (κ3) is 4.92. The maximum Gasteiger partial charge on any atom is 0.306 e. The Morgan fingerprint density at radius 3 is 2.52 bits per heavy atom. The second kappa shape index (κ2) is 9.93. The number of carbonyl (C=O) groups excluding carboxylic acids is 1. The van der Waals surface area contributed by atoms with Gasteiger partial charge in [0.2, 0.25) is 0 Å². The van der Waals surface area contributed by atoms with Gasteiger partial charge in [0.05, 0.1) is 6.61 Å². The molecule has 0 aliphatic carbocycles. The highest BCUT2D eigenvalue weighted by Gasteiger charge is 2.21. The molecule has 2 N–H and O–H groups in total. The lowest BCUT2D eigenvalue weighted by Crippen LogP contribution is -2.05. The molecule has 0 radical (unpaired) electrons. The Hall–Kier alpha value is -1.81. The Morgan fingerprint density at radius 2 is 1.96 bits per heavy atom. The average Bonchev–Trinajstić information content (AvgIpc) is 3.01. The highest BCUT2D eigenvalue weighted by molar-refractivity contribution is 5.89. The number of hydrogen-bond acceptors (Lipinski definition) is 3. The van der Waals surface area contributed by atoms with Gasteiger partial charge < -0.3 is 14.8 Å². The van der Waals surface area contributed by atoms with Gasteiger partial charge in [0.1, 0.15) is 0 Å². The molecule has 1 atom stereocenters. The van der Waals surface area contributed by atoms with Crippen molar-refractivity contribution in [3.63, 3.8) is 0 Å². The monoisotopic (exact) mass is 373 g/mol. The zero-order chi connectivity index (χ0) is 20.0. The third-order valence-electron chi connectivity index (χ3n) is 5.42. The summed E-state index contributed by atoms with van der Waals surface area (Å²) in [5.74, 6) is 0.604. The first kappa shape index (κ1) is 21.5. The number of fused-ring (bicyclic) bond motifs is 1. The van der Waals surface area contributed by atoms with E-state index in [1.54, 1.807) is 0 Å². The molecule has 2 aromatic rings. The summed E-state index contributed by atoms with van der Waals surface area (Å²) in [4.78, 5) is 15.5. The summed E-state index contributed by atoms with van der Waals surface area (Å²) in [6, 6.07) is 4.48. The molecule has 150 valence electrons. The molecule has 0 saturated carbocycles. The normalized spacial score (nSPS) is 12.7. The fraction of sp³-hybridized carbons (Fsp3) is 0.609. The number of aliphatic hydroxyl groups is 1. The van der Waals surface area contributed by atoms with E-state index < -0.39 is 0 Å². The quantitative estimate of drug-likeness (QED) is 0.561. The molecule has 2 rings (SSSR count). The molecule has 1 aromatic carbocycles. The van der Waals surface area contributed by atoms with Crippen molar-refractivity contribution in [3.8, 4) is 0 Å². The Labute approximate surface area is 163 Å². The molecule has 0 aliphatic heterocycles. The van der Waals surface area contributed by atoms with Gasteiger partial charge in [-0.1, -0.05) is 33.8 Å². The number of aromatic amines is 1. The first-order chi connectivity index (χ1) is 13.0. The first-order valence-electron chi connectivity index (χ1n) is 10.4. The molecule has 4 nitrogen and oxygen atoms in total. The van der Waals surface area contributed by atoms with Crippen LogP contribution in [0.15, 0.2) is 12.1 Å². The number of nitrogens with one attached hydrogen (secondary N) is 1. The summed E-state index contributed by atoms with van der Waals surface area (Å²) in [5, 5.41) is 10.7. The van der Waals surface area contributed by atoms with Crippen LogP contribution in [0.4, 0.5) is 0 Å². The summed E-state index contributed by atoms with van der Waals surface area (Å²) in [6.07, 6.45) is 3.86. The predicted octanol–water partition coefficient (Wildman–Crippen LogP) is 5.23. The maximum atomic E-state index is 11.8. The topological polar surface area (TPSA) is 62.3 Å². The average molecular weight is 374 g/mol. The van der Waals surface area contributed by atoms with Crippen LogP contribution in [0.1, 0.15) is 88.1 Å². The Morgan fingerprint density at radius 1 is 1.22 bits per heavy atom. The van der Waals surface area contributed by atoms with E-state index in [0.717, 1.165) is 19.3 Å². The second-order valence-corrected chi connectivity index (χ2v) is 7.56. The zero-order valence-corrected chi connectivity index (χ0v) is 17.5. The minimum atomic E-state index is -0.136. The van der Waals surface area contributed by atoms with Gasteiger partial charge in [-0.15, -0.1) is 0 Å². The van der Waals surface area contributed by atoms with E-state index in [1.165, 1.54) is 33.3 Å².